The van der Waals surface area contributed by atoms with Gasteiger partial charge in [-0.05, 0) is 23.1 Å². The molecule has 0 fully saturated rings. The highest BCUT2D eigenvalue weighted by molar-refractivity contribution is 9.12. The number of rotatable bonds is 1. The molecule has 0 aliphatic carbocycles. The van der Waals surface area contributed by atoms with Crippen molar-refractivity contribution >= 4 is 41.9 Å². The Balaban J connectivity index is 2.56. The SMILES string of the molecule is ClS1(CBr)C=Cc2ccccc21. The van der Waals surface area contributed by atoms with Crippen LogP contribution in [0.5, 0.6) is 0 Å². The minimum absolute atomic E-state index is 0.842. The number of fused-ring (bicyclic) bond motifs is 1. The van der Waals surface area contributed by atoms with E-state index in [0.29, 0.717) is 0 Å². The Labute approximate surface area is 86.6 Å². The van der Waals surface area contributed by atoms with Crippen LogP contribution in [0.3, 0.4) is 0 Å². The summed E-state index contributed by atoms with van der Waals surface area (Å²) >= 11 is 3.46. The molecule has 0 spiro atoms. The lowest BCUT2D eigenvalue weighted by molar-refractivity contribution is 1.43. The van der Waals surface area contributed by atoms with Gasteiger partial charge in [0.1, 0.15) is 0 Å². The molecule has 0 bridgehead atoms. The van der Waals surface area contributed by atoms with Crippen LogP contribution >= 0.6 is 35.9 Å². The van der Waals surface area contributed by atoms with Gasteiger partial charge in [-0.2, -0.15) is 0 Å². The summed E-state index contributed by atoms with van der Waals surface area (Å²) in [6, 6.07) is 8.29. The average molecular weight is 264 g/mol. The second-order valence-corrected chi connectivity index (χ2v) is 8.02. The maximum atomic E-state index is 6.44. The summed E-state index contributed by atoms with van der Waals surface area (Å²) in [5.74, 6) is 0. The molecule has 1 aliphatic heterocycles. The molecule has 64 valence electrons. The fourth-order valence-corrected chi connectivity index (χ4v) is 4.58. The van der Waals surface area contributed by atoms with Crippen LogP contribution in [0.25, 0.3) is 6.08 Å². The van der Waals surface area contributed by atoms with Gasteiger partial charge in [0, 0.05) is 4.90 Å². The molecule has 0 nitrogen and oxygen atoms in total. The Bertz CT molecular complexity index is 337. The van der Waals surface area contributed by atoms with E-state index in [0.717, 1.165) is 4.66 Å². The van der Waals surface area contributed by atoms with Crippen molar-refractivity contribution in [1.82, 2.24) is 0 Å². The molecule has 0 saturated heterocycles. The Morgan fingerprint density at radius 1 is 1.33 bits per heavy atom. The van der Waals surface area contributed by atoms with Crippen LogP contribution in [0.15, 0.2) is 34.6 Å². The molecule has 2 rings (SSSR count). The maximum Gasteiger partial charge on any atom is 0.0533 e. The molecule has 1 aromatic rings. The van der Waals surface area contributed by atoms with Crippen molar-refractivity contribution in [3.63, 3.8) is 0 Å². The van der Waals surface area contributed by atoms with E-state index < -0.39 is 9.24 Å². The largest absolute Gasteiger partial charge is 0.105 e. The Kier molecular flexibility index (Phi) is 2.23. The van der Waals surface area contributed by atoms with Gasteiger partial charge in [0.05, 0.1) is 4.66 Å². The Morgan fingerprint density at radius 2 is 2.08 bits per heavy atom. The molecule has 1 unspecified atom stereocenters. The first-order valence-corrected chi connectivity index (χ1v) is 7.41. The highest BCUT2D eigenvalue weighted by Gasteiger charge is 2.25. The summed E-state index contributed by atoms with van der Waals surface area (Å²) in [6.45, 7) is 0. The minimum atomic E-state index is -1.19. The van der Waals surface area contributed by atoms with Gasteiger partial charge >= 0.3 is 0 Å². The van der Waals surface area contributed by atoms with Crippen LogP contribution in [0, 0.1) is 0 Å². The number of benzene rings is 1. The van der Waals surface area contributed by atoms with E-state index in [9.17, 15) is 0 Å². The van der Waals surface area contributed by atoms with Crippen molar-refractivity contribution in [2.75, 3.05) is 4.66 Å². The van der Waals surface area contributed by atoms with Gasteiger partial charge in [-0.3, -0.25) is 0 Å². The summed E-state index contributed by atoms with van der Waals surface area (Å²) in [5, 5.41) is 2.12. The van der Waals surface area contributed by atoms with Crippen molar-refractivity contribution in [2.45, 2.75) is 4.90 Å². The average Bonchev–Trinajstić information content (AvgIpc) is 2.46. The first kappa shape index (κ1) is 8.67. The molecular formula is C9H8BrClS. The van der Waals surface area contributed by atoms with Gasteiger partial charge in [-0.1, -0.05) is 44.8 Å². The second-order valence-electron chi connectivity index (χ2n) is 2.65. The summed E-state index contributed by atoms with van der Waals surface area (Å²) in [7, 11) is 5.24. The zero-order valence-corrected chi connectivity index (χ0v) is 9.49. The first-order valence-electron chi connectivity index (χ1n) is 3.60. The van der Waals surface area contributed by atoms with Gasteiger partial charge < -0.3 is 0 Å². The predicted molar refractivity (Wildman–Crippen MR) is 61.0 cm³/mol. The van der Waals surface area contributed by atoms with E-state index in [1.54, 1.807) is 0 Å². The molecule has 1 aliphatic rings. The van der Waals surface area contributed by atoms with E-state index in [4.69, 9.17) is 10.7 Å². The molecule has 12 heavy (non-hydrogen) atoms. The van der Waals surface area contributed by atoms with Crippen LogP contribution < -0.4 is 0 Å². The molecule has 0 saturated carbocycles. The monoisotopic (exact) mass is 262 g/mol. The Morgan fingerprint density at radius 3 is 2.83 bits per heavy atom. The fraction of sp³-hybridized carbons (Fsp3) is 0.111. The van der Waals surface area contributed by atoms with E-state index >= 15 is 0 Å². The van der Waals surface area contributed by atoms with Gasteiger partial charge in [0.25, 0.3) is 0 Å². The van der Waals surface area contributed by atoms with Crippen molar-refractivity contribution < 1.29 is 0 Å². The highest BCUT2D eigenvalue weighted by atomic mass is 79.9. The molecule has 1 heterocycles. The fourth-order valence-electron chi connectivity index (χ4n) is 1.28. The number of hydrogen-bond donors (Lipinski definition) is 0. The zero-order chi connectivity index (χ0) is 8.60. The third-order valence-electron chi connectivity index (χ3n) is 1.91. The van der Waals surface area contributed by atoms with E-state index in [1.807, 2.05) is 12.1 Å². The predicted octanol–water partition coefficient (Wildman–Crippen LogP) is 4.34. The smallest absolute Gasteiger partial charge is 0.0533 e. The Hall–Kier alpha value is 0.0800. The summed E-state index contributed by atoms with van der Waals surface area (Å²) in [4.78, 5) is 1.28. The summed E-state index contributed by atoms with van der Waals surface area (Å²) < 4.78 is 0.842. The van der Waals surface area contributed by atoms with Crippen molar-refractivity contribution in [3.05, 3.63) is 35.2 Å². The van der Waals surface area contributed by atoms with E-state index in [2.05, 4.69) is 39.5 Å². The lowest BCUT2D eigenvalue weighted by Gasteiger charge is -2.23. The maximum absolute atomic E-state index is 6.44. The molecule has 1 atom stereocenters. The molecule has 0 N–H and O–H groups in total. The van der Waals surface area contributed by atoms with Crippen LogP contribution in [0.2, 0.25) is 0 Å². The third-order valence-corrected chi connectivity index (χ3v) is 7.99. The molecule has 0 radical (unpaired) electrons. The second kappa shape index (κ2) is 3.09. The number of hydrogen-bond acceptors (Lipinski definition) is 0. The molecule has 0 amide bonds. The van der Waals surface area contributed by atoms with Crippen LogP contribution in [0.4, 0.5) is 0 Å². The van der Waals surface area contributed by atoms with Crippen LogP contribution in [-0.2, 0) is 0 Å². The highest BCUT2D eigenvalue weighted by Crippen LogP contribution is 2.67. The standard InChI is InChI=1S/C9H8BrClS/c10-7-12(11)6-5-8-3-1-2-4-9(8)12/h1-6H,7H2. The molecule has 0 aromatic heterocycles. The van der Waals surface area contributed by atoms with Gasteiger partial charge in [0.2, 0.25) is 0 Å². The molecule has 3 heteroatoms. The number of alkyl halides is 1. The third kappa shape index (κ3) is 1.22. The molecular weight excluding hydrogens is 256 g/mol. The van der Waals surface area contributed by atoms with Crippen LogP contribution in [0.1, 0.15) is 5.56 Å². The summed E-state index contributed by atoms with van der Waals surface area (Å²) in [5.41, 5.74) is 1.27. The first-order chi connectivity index (χ1) is 5.76. The normalized spacial score (nSPS) is 31.2. The van der Waals surface area contributed by atoms with Crippen molar-refractivity contribution in [2.24, 2.45) is 0 Å². The van der Waals surface area contributed by atoms with E-state index in [-0.39, 0.29) is 0 Å². The minimum Gasteiger partial charge on any atom is -0.105 e. The van der Waals surface area contributed by atoms with Crippen molar-refractivity contribution in [1.29, 1.82) is 0 Å². The van der Waals surface area contributed by atoms with Gasteiger partial charge in [-0.15, -0.1) is 9.24 Å². The number of halogens is 2. The lowest BCUT2D eigenvalue weighted by atomic mass is 10.2. The van der Waals surface area contributed by atoms with Gasteiger partial charge in [0.15, 0.2) is 0 Å². The van der Waals surface area contributed by atoms with Crippen LogP contribution in [-0.4, -0.2) is 4.66 Å². The van der Waals surface area contributed by atoms with Crippen molar-refractivity contribution in [3.8, 4) is 0 Å². The zero-order valence-electron chi connectivity index (χ0n) is 6.34. The quantitative estimate of drug-likeness (QED) is 0.661. The lowest BCUT2D eigenvalue weighted by Crippen LogP contribution is -1.87. The van der Waals surface area contributed by atoms with E-state index in [1.165, 1.54) is 10.5 Å². The topological polar surface area (TPSA) is 0 Å². The summed E-state index contributed by atoms with van der Waals surface area (Å²) in [6.07, 6.45) is 2.11. The molecule has 1 aromatic carbocycles. The van der Waals surface area contributed by atoms with Gasteiger partial charge in [-0.25, -0.2) is 0 Å².